The van der Waals surface area contributed by atoms with Crippen molar-refractivity contribution in [2.75, 3.05) is 45.9 Å². The molecule has 1 aromatic rings. The lowest BCUT2D eigenvalue weighted by Crippen LogP contribution is -2.51. The van der Waals surface area contributed by atoms with E-state index in [1.165, 1.54) is 0 Å². The Morgan fingerprint density at radius 3 is 2.48 bits per heavy atom. The summed E-state index contributed by atoms with van der Waals surface area (Å²) >= 11 is 0. The molecule has 0 radical (unpaired) electrons. The van der Waals surface area contributed by atoms with Crippen LogP contribution < -0.4 is 10.1 Å². The van der Waals surface area contributed by atoms with Gasteiger partial charge in [0.15, 0.2) is 0 Å². The molecule has 3 fully saturated rings. The zero-order chi connectivity index (χ0) is 18.9. The molecule has 1 atom stereocenters. The molecule has 4 rings (SSSR count). The Bertz CT molecular complexity index is 706. The highest BCUT2D eigenvalue weighted by atomic mass is 16.5. The average molecular weight is 371 g/mol. The Morgan fingerprint density at radius 2 is 1.78 bits per heavy atom. The van der Waals surface area contributed by atoms with Gasteiger partial charge in [-0.1, -0.05) is 12.1 Å². The topological polar surface area (TPSA) is 61.9 Å². The number of nitrogens with zero attached hydrogens (tertiary/aromatic N) is 2. The summed E-state index contributed by atoms with van der Waals surface area (Å²) in [4.78, 5) is 29.6. The highest BCUT2D eigenvalue weighted by molar-refractivity contribution is 5.97. The summed E-state index contributed by atoms with van der Waals surface area (Å²) in [5, 5.41) is 3.39. The van der Waals surface area contributed by atoms with Crippen LogP contribution in [-0.2, 0) is 4.79 Å². The van der Waals surface area contributed by atoms with Crippen molar-refractivity contribution in [3.63, 3.8) is 0 Å². The molecule has 1 N–H and O–H groups in total. The molecule has 0 aromatic heterocycles. The largest absolute Gasteiger partial charge is 0.493 e. The molecule has 1 aromatic carbocycles. The van der Waals surface area contributed by atoms with E-state index in [9.17, 15) is 9.59 Å². The van der Waals surface area contributed by atoms with Crippen LogP contribution in [0.1, 0.15) is 36.5 Å². The van der Waals surface area contributed by atoms with Gasteiger partial charge >= 0.3 is 0 Å². The highest BCUT2D eigenvalue weighted by Gasteiger charge is 2.58. The number of carbonyl (C=O) groups excluding carboxylic acids is 2. The number of piperazine rings is 1. The Hall–Kier alpha value is -2.08. The van der Waals surface area contributed by atoms with E-state index in [0.717, 1.165) is 32.4 Å². The number of hydrogen-bond acceptors (Lipinski definition) is 4. The minimum absolute atomic E-state index is 0.00704. The van der Waals surface area contributed by atoms with Crippen molar-refractivity contribution in [1.29, 1.82) is 0 Å². The highest BCUT2D eigenvalue weighted by Crippen LogP contribution is 2.59. The Balaban J connectivity index is 1.34. The number of amides is 2. The minimum Gasteiger partial charge on any atom is -0.493 e. The molecule has 2 heterocycles. The summed E-state index contributed by atoms with van der Waals surface area (Å²) in [7, 11) is 0. The lowest BCUT2D eigenvalue weighted by Gasteiger charge is -2.36. The monoisotopic (exact) mass is 371 g/mol. The van der Waals surface area contributed by atoms with Gasteiger partial charge in [-0.2, -0.15) is 0 Å². The van der Waals surface area contributed by atoms with Crippen LogP contribution in [0.4, 0.5) is 0 Å². The van der Waals surface area contributed by atoms with Crippen LogP contribution in [0.2, 0.25) is 0 Å². The summed E-state index contributed by atoms with van der Waals surface area (Å²) < 4.78 is 5.59. The Labute approximate surface area is 160 Å². The van der Waals surface area contributed by atoms with E-state index in [4.69, 9.17) is 4.74 Å². The molecule has 2 saturated heterocycles. The maximum Gasteiger partial charge on any atom is 0.257 e. The van der Waals surface area contributed by atoms with E-state index < -0.39 is 0 Å². The Kier molecular flexibility index (Phi) is 5.08. The first-order chi connectivity index (χ1) is 13.1. The molecule has 1 saturated carbocycles. The Morgan fingerprint density at radius 1 is 1.11 bits per heavy atom. The van der Waals surface area contributed by atoms with Gasteiger partial charge < -0.3 is 19.9 Å². The molecule has 1 spiro atoms. The van der Waals surface area contributed by atoms with Crippen LogP contribution in [0.15, 0.2) is 24.3 Å². The predicted octanol–water partition coefficient (Wildman–Crippen LogP) is 1.76. The van der Waals surface area contributed by atoms with Crippen molar-refractivity contribution in [2.45, 2.75) is 26.2 Å². The van der Waals surface area contributed by atoms with Gasteiger partial charge in [-0.3, -0.25) is 9.59 Å². The van der Waals surface area contributed by atoms with Crippen molar-refractivity contribution in [3.05, 3.63) is 29.8 Å². The second kappa shape index (κ2) is 7.50. The summed E-state index contributed by atoms with van der Waals surface area (Å²) in [5.41, 5.74) is 0.876. The second-order valence-electron chi connectivity index (χ2n) is 7.92. The van der Waals surface area contributed by atoms with Gasteiger partial charge in [0.2, 0.25) is 5.91 Å². The van der Waals surface area contributed by atoms with Crippen molar-refractivity contribution < 1.29 is 14.3 Å². The van der Waals surface area contributed by atoms with E-state index in [1.807, 2.05) is 41.0 Å². The molecule has 0 bridgehead atoms. The fourth-order valence-electron chi connectivity index (χ4n) is 4.62. The number of carbonyl (C=O) groups is 2. The van der Waals surface area contributed by atoms with Crippen LogP contribution in [0.5, 0.6) is 5.75 Å². The molecule has 3 aliphatic rings. The number of rotatable bonds is 4. The first-order valence-electron chi connectivity index (χ1n) is 10.2. The van der Waals surface area contributed by atoms with Crippen molar-refractivity contribution >= 4 is 11.8 Å². The van der Waals surface area contributed by atoms with E-state index >= 15 is 0 Å². The molecule has 146 valence electrons. The lowest BCUT2D eigenvalue weighted by atomic mass is 9.91. The molecular formula is C21H29N3O3. The zero-order valence-corrected chi connectivity index (χ0v) is 16.1. The standard InChI is InChI=1S/C21H29N3O3/c1-2-27-18-6-4-3-5-16(18)19(25)23-11-13-24(14-12-23)20(26)17-15-21(17)7-9-22-10-8-21/h3-6,17,22H,2,7-15H2,1H3. The lowest BCUT2D eigenvalue weighted by molar-refractivity contribution is -0.135. The van der Waals surface area contributed by atoms with Crippen LogP contribution in [0.25, 0.3) is 0 Å². The molecule has 1 aliphatic carbocycles. The number of piperidine rings is 1. The zero-order valence-electron chi connectivity index (χ0n) is 16.1. The van der Waals surface area contributed by atoms with E-state index in [0.29, 0.717) is 50.0 Å². The summed E-state index contributed by atoms with van der Waals surface area (Å²) in [6.45, 7) is 6.96. The van der Waals surface area contributed by atoms with Crippen LogP contribution in [0, 0.1) is 11.3 Å². The van der Waals surface area contributed by atoms with E-state index in [-0.39, 0.29) is 17.2 Å². The smallest absolute Gasteiger partial charge is 0.257 e. The quantitative estimate of drug-likeness (QED) is 0.876. The number of benzene rings is 1. The molecule has 2 amide bonds. The number of nitrogens with one attached hydrogen (secondary N) is 1. The van der Waals surface area contributed by atoms with Crippen molar-refractivity contribution in [1.82, 2.24) is 15.1 Å². The normalized spacial score (nSPS) is 24.0. The molecule has 6 heteroatoms. The third-order valence-electron chi connectivity index (χ3n) is 6.38. The number of para-hydroxylation sites is 1. The fourth-order valence-corrected chi connectivity index (χ4v) is 4.62. The van der Waals surface area contributed by atoms with E-state index in [2.05, 4.69) is 5.32 Å². The van der Waals surface area contributed by atoms with Gasteiger partial charge in [0.05, 0.1) is 12.2 Å². The van der Waals surface area contributed by atoms with Gasteiger partial charge in [-0.25, -0.2) is 0 Å². The molecular weight excluding hydrogens is 342 g/mol. The maximum absolute atomic E-state index is 12.9. The SMILES string of the molecule is CCOc1ccccc1C(=O)N1CCN(C(=O)C2CC23CCNCC3)CC1. The molecule has 27 heavy (non-hydrogen) atoms. The van der Waals surface area contributed by atoms with Gasteiger partial charge in [-0.15, -0.1) is 0 Å². The molecule has 2 aliphatic heterocycles. The first-order valence-corrected chi connectivity index (χ1v) is 10.2. The van der Waals surface area contributed by atoms with E-state index in [1.54, 1.807) is 0 Å². The molecule has 1 unspecified atom stereocenters. The summed E-state index contributed by atoms with van der Waals surface area (Å²) in [6.07, 6.45) is 3.29. The molecule has 6 nitrogen and oxygen atoms in total. The summed E-state index contributed by atoms with van der Waals surface area (Å²) in [5.74, 6) is 1.14. The van der Waals surface area contributed by atoms with Gasteiger partial charge in [-0.05, 0) is 56.8 Å². The summed E-state index contributed by atoms with van der Waals surface area (Å²) in [6, 6.07) is 7.39. The maximum atomic E-state index is 12.9. The third kappa shape index (κ3) is 3.55. The van der Waals surface area contributed by atoms with Gasteiger partial charge in [0.25, 0.3) is 5.91 Å². The number of hydrogen-bond donors (Lipinski definition) is 1. The number of ether oxygens (including phenoxy) is 1. The predicted molar refractivity (Wildman–Crippen MR) is 103 cm³/mol. The average Bonchev–Trinajstić information content (AvgIpc) is 3.41. The second-order valence-corrected chi connectivity index (χ2v) is 7.92. The van der Waals surface area contributed by atoms with Crippen LogP contribution in [0.3, 0.4) is 0 Å². The van der Waals surface area contributed by atoms with Gasteiger partial charge in [0, 0.05) is 32.1 Å². The van der Waals surface area contributed by atoms with Crippen molar-refractivity contribution in [2.24, 2.45) is 11.3 Å². The van der Waals surface area contributed by atoms with Crippen molar-refractivity contribution in [3.8, 4) is 5.75 Å². The van der Waals surface area contributed by atoms with Crippen LogP contribution >= 0.6 is 0 Å². The fraction of sp³-hybridized carbons (Fsp3) is 0.619. The van der Waals surface area contributed by atoms with Crippen LogP contribution in [-0.4, -0.2) is 67.5 Å². The van der Waals surface area contributed by atoms with Gasteiger partial charge in [0.1, 0.15) is 5.75 Å². The first kappa shape index (κ1) is 18.3. The third-order valence-corrected chi connectivity index (χ3v) is 6.38. The minimum atomic E-state index is -0.00704.